The Balaban J connectivity index is 2.11. The third-order valence-corrected chi connectivity index (χ3v) is 3.89. The lowest BCUT2D eigenvalue weighted by atomic mass is 9.99. The molecule has 1 aliphatic heterocycles. The van der Waals surface area contributed by atoms with Crippen LogP contribution in [-0.2, 0) is 6.54 Å². The van der Waals surface area contributed by atoms with Gasteiger partial charge in [-0.3, -0.25) is 0 Å². The summed E-state index contributed by atoms with van der Waals surface area (Å²) in [6.07, 6.45) is 7.85. The van der Waals surface area contributed by atoms with Crippen LogP contribution in [0.4, 0.5) is 0 Å². The Morgan fingerprint density at radius 1 is 1.53 bits per heavy atom. The van der Waals surface area contributed by atoms with Crippen molar-refractivity contribution in [3.63, 3.8) is 0 Å². The van der Waals surface area contributed by atoms with Gasteiger partial charge in [0, 0.05) is 17.5 Å². The molecule has 0 spiro atoms. The molecular weight excluding hydrogens is 258 g/mol. The minimum absolute atomic E-state index is 0.438. The largest absolute Gasteiger partial charge is 0.316 e. The molecule has 2 heterocycles. The average molecular weight is 274 g/mol. The van der Waals surface area contributed by atoms with Crippen LogP contribution >= 0.6 is 11.6 Å². The summed E-state index contributed by atoms with van der Waals surface area (Å²) in [7, 11) is 0. The van der Waals surface area contributed by atoms with E-state index < -0.39 is 0 Å². The Morgan fingerprint density at radius 3 is 3.16 bits per heavy atom. The van der Waals surface area contributed by atoms with Crippen molar-refractivity contribution in [1.82, 2.24) is 14.9 Å². The first kappa shape index (κ1) is 12.5. The summed E-state index contributed by atoms with van der Waals surface area (Å²) < 4.78 is 2.14. The van der Waals surface area contributed by atoms with E-state index in [4.69, 9.17) is 23.0 Å². The second-order valence-electron chi connectivity index (χ2n) is 4.94. The van der Waals surface area contributed by atoms with E-state index in [1.165, 1.54) is 6.42 Å². The van der Waals surface area contributed by atoms with Crippen LogP contribution in [0.5, 0.6) is 0 Å². The number of hydrogen-bond acceptors (Lipinski definition) is 2. The quantitative estimate of drug-likeness (QED) is 0.853. The monoisotopic (exact) mass is 273 g/mol. The lowest BCUT2D eigenvalue weighted by Gasteiger charge is -2.22. The molecule has 19 heavy (non-hydrogen) atoms. The molecule has 0 bridgehead atoms. The van der Waals surface area contributed by atoms with Crippen molar-refractivity contribution in [3.05, 3.63) is 29.0 Å². The van der Waals surface area contributed by atoms with Gasteiger partial charge in [-0.2, -0.15) is 0 Å². The summed E-state index contributed by atoms with van der Waals surface area (Å²) in [5.74, 6) is 4.25. The van der Waals surface area contributed by atoms with Gasteiger partial charge in [-0.15, -0.1) is 6.42 Å². The molecule has 0 aliphatic carbocycles. The van der Waals surface area contributed by atoms with Gasteiger partial charge in [0.25, 0.3) is 0 Å². The minimum Gasteiger partial charge on any atom is -0.316 e. The topological polar surface area (TPSA) is 29.9 Å². The van der Waals surface area contributed by atoms with Crippen molar-refractivity contribution in [2.24, 2.45) is 0 Å². The molecule has 1 atom stereocenters. The third-order valence-electron chi connectivity index (χ3n) is 3.65. The predicted octanol–water partition coefficient (Wildman–Crippen LogP) is 2.79. The number of imidazole rings is 1. The minimum atomic E-state index is 0.438. The normalized spacial score (nSPS) is 19.5. The highest BCUT2D eigenvalue weighted by atomic mass is 35.5. The van der Waals surface area contributed by atoms with E-state index in [1.54, 1.807) is 0 Å². The summed E-state index contributed by atoms with van der Waals surface area (Å²) in [5, 5.41) is 4.14. The van der Waals surface area contributed by atoms with E-state index in [1.807, 2.05) is 18.2 Å². The number of aromatic nitrogens is 2. The van der Waals surface area contributed by atoms with Crippen LogP contribution in [0.2, 0.25) is 5.02 Å². The van der Waals surface area contributed by atoms with Gasteiger partial charge < -0.3 is 9.88 Å². The Labute approximate surface area is 118 Å². The third kappa shape index (κ3) is 2.34. The average Bonchev–Trinajstić information content (AvgIpc) is 2.78. The first-order chi connectivity index (χ1) is 9.29. The predicted molar refractivity (Wildman–Crippen MR) is 78.4 cm³/mol. The zero-order chi connectivity index (χ0) is 13.2. The number of halogens is 1. The molecule has 3 rings (SSSR count). The lowest BCUT2D eigenvalue weighted by Crippen LogP contribution is -2.30. The number of fused-ring (bicyclic) bond motifs is 1. The fourth-order valence-electron chi connectivity index (χ4n) is 2.76. The Bertz CT molecular complexity index is 633. The first-order valence-corrected chi connectivity index (χ1v) is 6.97. The van der Waals surface area contributed by atoms with Crippen molar-refractivity contribution >= 4 is 22.6 Å². The van der Waals surface area contributed by atoms with Crippen LogP contribution in [-0.4, -0.2) is 22.6 Å². The maximum absolute atomic E-state index is 6.04. The second-order valence-corrected chi connectivity index (χ2v) is 5.37. The molecule has 2 aromatic rings. The molecule has 98 valence electrons. The van der Waals surface area contributed by atoms with Gasteiger partial charge >= 0.3 is 0 Å². The van der Waals surface area contributed by atoms with Gasteiger partial charge in [0.15, 0.2) is 0 Å². The van der Waals surface area contributed by atoms with Gasteiger partial charge in [-0.1, -0.05) is 17.5 Å². The van der Waals surface area contributed by atoms with Crippen molar-refractivity contribution < 1.29 is 0 Å². The zero-order valence-electron chi connectivity index (χ0n) is 10.7. The van der Waals surface area contributed by atoms with Crippen LogP contribution < -0.4 is 5.32 Å². The van der Waals surface area contributed by atoms with Crippen molar-refractivity contribution in [1.29, 1.82) is 0 Å². The maximum atomic E-state index is 6.04. The number of piperidine rings is 1. The number of benzene rings is 1. The molecule has 1 saturated heterocycles. The molecule has 1 fully saturated rings. The van der Waals surface area contributed by atoms with Gasteiger partial charge in [0.1, 0.15) is 5.82 Å². The Morgan fingerprint density at radius 2 is 2.42 bits per heavy atom. The van der Waals surface area contributed by atoms with Gasteiger partial charge in [0.05, 0.1) is 17.6 Å². The molecule has 0 radical (unpaired) electrons. The molecule has 0 saturated carbocycles. The molecule has 1 aliphatic rings. The van der Waals surface area contributed by atoms with E-state index in [-0.39, 0.29) is 0 Å². The van der Waals surface area contributed by atoms with Crippen LogP contribution in [0, 0.1) is 12.3 Å². The maximum Gasteiger partial charge on any atom is 0.115 e. The summed E-state index contributed by atoms with van der Waals surface area (Å²) in [6.45, 7) is 2.63. The summed E-state index contributed by atoms with van der Waals surface area (Å²) in [4.78, 5) is 4.76. The number of hydrogen-bond donors (Lipinski definition) is 1. The molecule has 3 nitrogen and oxygen atoms in total. The summed E-state index contributed by atoms with van der Waals surface area (Å²) in [6, 6.07) is 5.80. The van der Waals surface area contributed by atoms with E-state index in [0.717, 1.165) is 36.4 Å². The van der Waals surface area contributed by atoms with Crippen LogP contribution in [0.3, 0.4) is 0 Å². The van der Waals surface area contributed by atoms with E-state index in [0.29, 0.717) is 17.5 Å². The van der Waals surface area contributed by atoms with Crippen molar-refractivity contribution in [2.75, 3.05) is 13.1 Å². The Kier molecular flexibility index (Phi) is 3.46. The van der Waals surface area contributed by atoms with Crippen molar-refractivity contribution in [2.45, 2.75) is 25.3 Å². The highest BCUT2D eigenvalue weighted by molar-refractivity contribution is 6.31. The Hall–Kier alpha value is -1.50. The SMILES string of the molecule is C#CCn1c(C2CCCNC2)nc2cc(Cl)ccc21. The van der Waals surface area contributed by atoms with Gasteiger partial charge in [0.2, 0.25) is 0 Å². The molecular formula is C15H16ClN3. The zero-order valence-corrected chi connectivity index (χ0v) is 11.5. The summed E-state index contributed by atoms with van der Waals surface area (Å²) in [5.41, 5.74) is 2.01. The van der Waals surface area contributed by atoms with Crippen LogP contribution in [0.25, 0.3) is 11.0 Å². The molecule has 1 aromatic carbocycles. The fraction of sp³-hybridized carbons (Fsp3) is 0.400. The molecule has 4 heteroatoms. The smallest absolute Gasteiger partial charge is 0.115 e. The van der Waals surface area contributed by atoms with Crippen molar-refractivity contribution in [3.8, 4) is 12.3 Å². The van der Waals surface area contributed by atoms with E-state index in [2.05, 4.69) is 15.8 Å². The number of rotatable bonds is 2. The highest BCUT2D eigenvalue weighted by Gasteiger charge is 2.21. The molecule has 1 aromatic heterocycles. The van der Waals surface area contributed by atoms with Crippen LogP contribution in [0.1, 0.15) is 24.6 Å². The first-order valence-electron chi connectivity index (χ1n) is 6.59. The highest BCUT2D eigenvalue weighted by Crippen LogP contribution is 2.28. The molecule has 1 unspecified atom stereocenters. The van der Waals surface area contributed by atoms with E-state index in [9.17, 15) is 0 Å². The number of nitrogens with zero attached hydrogens (tertiary/aromatic N) is 2. The van der Waals surface area contributed by atoms with E-state index >= 15 is 0 Å². The summed E-state index contributed by atoms with van der Waals surface area (Å²) >= 11 is 6.04. The van der Waals surface area contributed by atoms with Gasteiger partial charge in [-0.05, 0) is 37.6 Å². The number of nitrogens with one attached hydrogen (secondary N) is 1. The number of terminal acetylenes is 1. The molecule has 0 amide bonds. The van der Waals surface area contributed by atoms with Gasteiger partial charge in [-0.25, -0.2) is 4.98 Å². The van der Waals surface area contributed by atoms with Crippen LogP contribution in [0.15, 0.2) is 18.2 Å². The fourth-order valence-corrected chi connectivity index (χ4v) is 2.93. The lowest BCUT2D eigenvalue weighted by molar-refractivity contribution is 0.438. The standard InChI is InChI=1S/C15H16ClN3/c1-2-8-19-14-6-5-12(16)9-13(14)18-15(19)11-4-3-7-17-10-11/h1,5-6,9,11,17H,3-4,7-8,10H2. The second kappa shape index (κ2) is 5.24. The molecule has 1 N–H and O–H groups in total.